The van der Waals surface area contributed by atoms with E-state index in [-0.39, 0.29) is 6.10 Å². The molecule has 1 atom stereocenters. The molecule has 0 saturated carbocycles. The lowest BCUT2D eigenvalue weighted by molar-refractivity contribution is -0.131. The van der Waals surface area contributed by atoms with Crippen molar-refractivity contribution in [3.05, 3.63) is 54.0 Å². The fourth-order valence-electron chi connectivity index (χ4n) is 3.21. The minimum Gasteiger partial charge on any atom is -0.491 e. The molecule has 7 nitrogen and oxygen atoms in total. The number of nitrogens with zero attached hydrogens (tertiary/aromatic N) is 3. The van der Waals surface area contributed by atoms with Gasteiger partial charge in [-0.3, -0.25) is 9.88 Å². The second-order valence-corrected chi connectivity index (χ2v) is 7.18. The van der Waals surface area contributed by atoms with E-state index in [2.05, 4.69) is 32.3 Å². The first-order valence-corrected chi connectivity index (χ1v) is 9.45. The van der Waals surface area contributed by atoms with Crippen molar-refractivity contribution >= 4 is 17.9 Å². The van der Waals surface area contributed by atoms with Gasteiger partial charge in [-0.2, -0.15) is 0 Å². The van der Waals surface area contributed by atoms with Gasteiger partial charge in [0.2, 0.25) is 0 Å². The number of ether oxygens (including phenoxy) is 1. The van der Waals surface area contributed by atoms with E-state index in [0.717, 1.165) is 37.9 Å². The average molecular weight is 382 g/mol. The largest absolute Gasteiger partial charge is 0.491 e. The number of aliphatic carboxylic acids is 1. The number of anilines is 1. The summed E-state index contributed by atoms with van der Waals surface area (Å²) in [6, 6.07) is 8.57. The van der Waals surface area contributed by atoms with Gasteiger partial charge in [-0.15, -0.1) is 0 Å². The second-order valence-electron chi connectivity index (χ2n) is 7.18. The van der Waals surface area contributed by atoms with Gasteiger partial charge in [0.25, 0.3) is 0 Å². The summed E-state index contributed by atoms with van der Waals surface area (Å²) in [5.74, 6) is 0.608. The van der Waals surface area contributed by atoms with Gasteiger partial charge >= 0.3 is 5.97 Å². The molecule has 0 bridgehead atoms. The molecule has 2 heterocycles. The average Bonchev–Trinajstić information content (AvgIpc) is 3.07. The molecule has 0 aliphatic carbocycles. The normalized spacial score (nSPS) is 17.3. The van der Waals surface area contributed by atoms with Crippen LogP contribution in [0.2, 0.25) is 0 Å². The zero-order valence-electron chi connectivity index (χ0n) is 16.2. The molecule has 1 aliphatic rings. The van der Waals surface area contributed by atoms with E-state index in [1.165, 1.54) is 11.6 Å². The molecule has 0 unspecified atom stereocenters. The maximum Gasteiger partial charge on any atom is 0.328 e. The SMILES string of the molecule is CC(C)Oc1cccc(CN2CC[C@@H](Nc3cnc(/C=C/C(=O)O)cn3)C2)c1. The van der Waals surface area contributed by atoms with Crippen molar-refractivity contribution in [3.8, 4) is 5.75 Å². The van der Waals surface area contributed by atoms with Crippen molar-refractivity contribution in [3.63, 3.8) is 0 Å². The second kappa shape index (κ2) is 9.32. The van der Waals surface area contributed by atoms with Crippen molar-refractivity contribution in [2.45, 2.75) is 39.0 Å². The smallest absolute Gasteiger partial charge is 0.328 e. The summed E-state index contributed by atoms with van der Waals surface area (Å²) in [5.41, 5.74) is 1.76. The van der Waals surface area contributed by atoms with E-state index in [4.69, 9.17) is 9.84 Å². The van der Waals surface area contributed by atoms with E-state index in [1.807, 2.05) is 26.0 Å². The van der Waals surface area contributed by atoms with Crippen LogP contribution in [-0.4, -0.2) is 51.2 Å². The third kappa shape index (κ3) is 6.06. The Bertz CT molecular complexity index is 821. The topological polar surface area (TPSA) is 87.6 Å². The van der Waals surface area contributed by atoms with Crippen molar-refractivity contribution in [1.29, 1.82) is 0 Å². The Hall–Kier alpha value is -2.93. The zero-order valence-corrected chi connectivity index (χ0v) is 16.2. The van der Waals surface area contributed by atoms with Crippen LogP contribution in [0.5, 0.6) is 5.75 Å². The first-order valence-electron chi connectivity index (χ1n) is 9.45. The van der Waals surface area contributed by atoms with Gasteiger partial charge in [0.1, 0.15) is 11.6 Å². The Morgan fingerprint density at radius 2 is 2.25 bits per heavy atom. The molecular formula is C21H26N4O3. The summed E-state index contributed by atoms with van der Waals surface area (Å²) >= 11 is 0. The minimum atomic E-state index is -1.00. The molecule has 1 aromatic heterocycles. The van der Waals surface area contributed by atoms with Gasteiger partial charge in [0.15, 0.2) is 0 Å². The van der Waals surface area contributed by atoms with Crippen molar-refractivity contribution < 1.29 is 14.6 Å². The van der Waals surface area contributed by atoms with Gasteiger partial charge in [-0.05, 0) is 44.0 Å². The van der Waals surface area contributed by atoms with Crippen LogP contribution in [-0.2, 0) is 11.3 Å². The molecule has 3 rings (SSSR count). The molecule has 148 valence electrons. The highest BCUT2D eigenvalue weighted by molar-refractivity contribution is 5.84. The zero-order chi connectivity index (χ0) is 19.9. The fraction of sp³-hybridized carbons (Fsp3) is 0.381. The van der Waals surface area contributed by atoms with Crippen LogP contribution >= 0.6 is 0 Å². The van der Waals surface area contributed by atoms with Crippen LogP contribution in [0.15, 0.2) is 42.7 Å². The highest BCUT2D eigenvalue weighted by atomic mass is 16.5. The van der Waals surface area contributed by atoms with Crippen molar-refractivity contribution in [1.82, 2.24) is 14.9 Å². The maximum atomic E-state index is 10.5. The van der Waals surface area contributed by atoms with E-state index in [9.17, 15) is 4.79 Å². The minimum absolute atomic E-state index is 0.169. The number of likely N-dealkylation sites (tertiary alicyclic amines) is 1. The molecule has 1 fully saturated rings. The van der Waals surface area contributed by atoms with Crippen molar-refractivity contribution in [2.75, 3.05) is 18.4 Å². The summed E-state index contributed by atoms with van der Waals surface area (Å²) in [4.78, 5) is 21.5. The number of aromatic nitrogens is 2. The molecular weight excluding hydrogens is 356 g/mol. The highest BCUT2D eigenvalue weighted by Crippen LogP contribution is 2.20. The molecule has 2 N–H and O–H groups in total. The maximum absolute atomic E-state index is 10.5. The highest BCUT2D eigenvalue weighted by Gasteiger charge is 2.22. The number of carboxylic acids is 1. The predicted molar refractivity (Wildman–Crippen MR) is 108 cm³/mol. The molecule has 0 amide bonds. The van der Waals surface area contributed by atoms with E-state index in [0.29, 0.717) is 17.6 Å². The van der Waals surface area contributed by atoms with Crippen LogP contribution in [0.25, 0.3) is 6.08 Å². The molecule has 2 aromatic rings. The predicted octanol–water partition coefficient (Wildman–Crippen LogP) is 3.05. The monoisotopic (exact) mass is 382 g/mol. The Morgan fingerprint density at radius 1 is 1.39 bits per heavy atom. The number of carbonyl (C=O) groups is 1. The summed E-state index contributed by atoms with van der Waals surface area (Å²) in [5, 5.41) is 12.0. The number of benzene rings is 1. The van der Waals surface area contributed by atoms with E-state index >= 15 is 0 Å². The molecule has 0 radical (unpaired) electrons. The van der Waals surface area contributed by atoms with Gasteiger partial charge in [-0.1, -0.05) is 12.1 Å². The Morgan fingerprint density at radius 3 is 2.96 bits per heavy atom. The van der Waals surface area contributed by atoms with Gasteiger partial charge in [0.05, 0.1) is 24.2 Å². The van der Waals surface area contributed by atoms with Crippen LogP contribution in [0.4, 0.5) is 5.82 Å². The molecule has 1 saturated heterocycles. The van der Waals surface area contributed by atoms with Crippen LogP contribution in [0.1, 0.15) is 31.5 Å². The standard InChI is InChI=1S/C21H26N4O3/c1-15(2)28-19-5-3-4-16(10-19)13-25-9-8-18(14-25)24-20-12-22-17(11-23-20)6-7-21(26)27/h3-7,10-12,15,18H,8-9,13-14H2,1-2H3,(H,23,24)(H,26,27)/b7-6+/t18-/m1/s1. The summed E-state index contributed by atoms with van der Waals surface area (Å²) < 4.78 is 5.78. The lowest BCUT2D eigenvalue weighted by atomic mass is 10.2. The van der Waals surface area contributed by atoms with Crippen LogP contribution in [0, 0.1) is 0 Å². The Kier molecular flexibility index (Phi) is 6.60. The van der Waals surface area contributed by atoms with Gasteiger partial charge < -0.3 is 15.2 Å². The first-order chi connectivity index (χ1) is 13.5. The summed E-state index contributed by atoms with van der Waals surface area (Å²) in [7, 11) is 0. The number of rotatable bonds is 8. The number of hydrogen-bond donors (Lipinski definition) is 2. The summed E-state index contributed by atoms with van der Waals surface area (Å²) in [6.07, 6.45) is 6.87. The third-order valence-corrected chi connectivity index (χ3v) is 4.37. The quantitative estimate of drug-likeness (QED) is 0.679. The van der Waals surface area contributed by atoms with Crippen molar-refractivity contribution in [2.24, 2.45) is 0 Å². The number of carboxylic acid groups (broad SMARTS) is 1. The molecule has 1 aliphatic heterocycles. The fourth-order valence-corrected chi connectivity index (χ4v) is 3.21. The number of nitrogens with one attached hydrogen (secondary N) is 1. The number of hydrogen-bond acceptors (Lipinski definition) is 6. The van der Waals surface area contributed by atoms with Gasteiger partial charge in [0, 0.05) is 31.8 Å². The first kappa shape index (κ1) is 19.8. The van der Waals surface area contributed by atoms with Crippen LogP contribution < -0.4 is 10.1 Å². The van der Waals surface area contributed by atoms with Crippen LogP contribution in [0.3, 0.4) is 0 Å². The van der Waals surface area contributed by atoms with Gasteiger partial charge in [-0.25, -0.2) is 9.78 Å². The van der Waals surface area contributed by atoms with E-state index in [1.54, 1.807) is 12.4 Å². The Labute approximate surface area is 165 Å². The molecule has 28 heavy (non-hydrogen) atoms. The Balaban J connectivity index is 1.51. The lowest BCUT2D eigenvalue weighted by Gasteiger charge is -2.18. The van der Waals surface area contributed by atoms with E-state index < -0.39 is 5.97 Å². The molecule has 0 spiro atoms. The third-order valence-electron chi connectivity index (χ3n) is 4.37. The molecule has 7 heteroatoms. The lowest BCUT2D eigenvalue weighted by Crippen LogP contribution is -2.26. The molecule has 1 aromatic carbocycles. The summed E-state index contributed by atoms with van der Waals surface area (Å²) in [6.45, 7) is 6.89.